The van der Waals surface area contributed by atoms with Gasteiger partial charge in [0.05, 0.1) is 6.61 Å². The van der Waals surface area contributed by atoms with Crippen molar-refractivity contribution in [2.24, 2.45) is 5.10 Å². The molecule has 0 aromatic heterocycles. The Morgan fingerprint density at radius 1 is 1.21 bits per heavy atom. The van der Waals surface area contributed by atoms with Crippen LogP contribution in [-0.4, -0.2) is 55.8 Å². The molecule has 6 nitrogen and oxygen atoms in total. The minimum absolute atomic E-state index is 0.564. The Morgan fingerprint density at radius 2 is 1.89 bits per heavy atom. The van der Waals surface area contributed by atoms with Crippen molar-refractivity contribution < 1.29 is 20.4 Å². The van der Waals surface area contributed by atoms with Gasteiger partial charge in [-0.05, 0) is 0 Å². The predicted molar refractivity (Wildman–Crippen MR) is 72.6 cm³/mol. The molecule has 0 bridgehead atoms. The van der Waals surface area contributed by atoms with Crippen LogP contribution in [0.4, 0.5) is 0 Å². The lowest BCUT2D eigenvalue weighted by molar-refractivity contribution is -0.0779. The predicted octanol–water partition coefficient (Wildman–Crippen LogP) is -0.914. The summed E-state index contributed by atoms with van der Waals surface area (Å²) >= 11 is 1.26. The zero-order chi connectivity index (χ0) is 13.8. The molecule has 0 saturated heterocycles. The lowest BCUT2D eigenvalue weighted by atomic mass is 10.1. The number of hydrogen-bond donors (Lipinski definition) is 5. The van der Waals surface area contributed by atoms with E-state index in [2.05, 4.69) is 10.5 Å². The van der Waals surface area contributed by atoms with Gasteiger partial charge < -0.3 is 20.4 Å². The van der Waals surface area contributed by atoms with Gasteiger partial charge in [0.25, 0.3) is 0 Å². The number of aliphatic hydroxyl groups is 4. The Hall–Kier alpha value is -1.12. The van der Waals surface area contributed by atoms with E-state index in [0.717, 1.165) is 5.56 Å². The van der Waals surface area contributed by atoms with Crippen LogP contribution in [-0.2, 0) is 0 Å². The molecule has 1 aliphatic rings. The fourth-order valence-electron chi connectivity index (χ4n) is 1.67. The number of nitrogens with zero attached hydrogens (tertiary/aromatic N) is 1. The van der Waals surface area contributed by atoms with E-state index in [0.29, 0.717) is 5.04 Å². The highest BCUT2D eigenvalue weighted by Gasteiger charge is 2.35. The molecule has 1 heterocycles. The summed E-state index contributed by atoms with van der Waals surface area (Å²) in [6.45, 7) is -0.609. The van der Waals surface area contributed by atoms with Crippen LogP contribution in [0.25, 0.3) is 0 Å². The fraction of sp³-hybridized carbons (Fsp3) is 0.417. The molecule has 104 valence electrons. The minimum Gasteiger partial charge on any atom is -0.394 e. The largest absolute Gasteiger partial charge is 0.394 e. The highest BCUT2D eigenvalue weighted by Crippen LogP contribution is 2.26. The first-order valence-corrected chi connectivity index (χ1v) is 6.72. The van der Waals surface area contributed by atoms with Crippen LogP contribution in [0.3, 0.4) is 0 Å². The van der Waals surface area contributed by atoms with E-state index in [1.54, 1.807) is 0 Å². The van der Waals surface area contributed by atoms with Crippen LogP contribution in [0.5, 0.6) is 0 Å². The second kappa shape index (κ2) is 6.36. The Balaban J connectivity index is 1.97. The topological polar surface area (TPSA) is 105 Å². The molecule has 0 unspecified atom stereocenters. The first-order valence-electron chi connectivity index (χ1n) is 5.84. The van der Waals surface area contributed by atoms with Gasteiger partial charge in [0.15, 0.2) is 0 Å². The number of hydrazone groups is 1. The molecule has 0 saturated carbocycles. The zero-order valence-corrected chi connectivity index (χ0v) is 10.9. The Labute approximate surface area is 114 Å². The van der Waals surface area contributed by atoms with E-state index in [9.17, 15) is 15.3 Å². The van der Waals surface area contributed by atoms with Gasteiger partial charge in [0, 0.05) is 5.56 Å². The van der Waals surface area contributed by atoms with E-state index in [1.807, 2.05) is 30.3 Å². The van der Waals surface area contributed by atoms with Crippen molar-refractivity contribution in [3.8, 4) is 0 Å². The molecule has 1 aromatic rings. The molecule has 1 aliphatic heterocycles. The zero-order valence-electron chi connectivity index (χ0n) is 10.0. The summed E-state index contributed by atoms with van der Waals surface area (Å²) in [6, 6.07) is 9.44. The van der Waals surface area contributed by atoms with Gasteiger partial charge in [0.1, 0.15) is 28.7 Å². The summed E-state index contributed by atoms with van der Waals surface area (Å²) in [7, 11) is 0. The summed E-state index contributed by atoms with van der Waals surface area (Å²) in [5.74, 6) is 0. The van der Waals surface area contributed by atoms with Gasteiger partial charge in [-0.3, -0.25) is 5.43 Å². The van der Waals surface area contributed by atoms with E-state index < -0.39 is 30.3 Å². The van der Waals surface area contributed by atoms with E-state index >= 15 is 0 Å². The normalized spacial score (nSPS) is 23.4. The second-order valence-electron chi connectivity index (χ2n) is 4.18. The summed E-state index contributed by atoms with van der Waals surface area (Å²) in [6.07, 6.45) is -4.05. The first-order chi connectivity index (χ1) is 9.13. The van der Waals surface area contributed by atoms with Crippen molar-refractivity contribution in [2.75, 3.05) is 6.61 Å². The molecule has 4 atom stereocenters. The average molecular weight is 284 g/mol. The highest BCUT2D eigenvalue weighted by molar-refractivity contribution is 8.15. The van der Waals surface area contributed by atoms with E-state index in [1.165, 1.54) is 11.8 Å². The van der Waals surface area contributed by atoms with Crippen molar-refractivity contribution in [1.82, 2.24) is 5.43 Å². The number of hydrogen-bond acceptors (Lipinski definition) is 7. The van der Waals surface area contributed by atoms with Crippen molar-refractivity contribution in [1.29, 1.82) is 0 Å². The van der Waals surface area contributed by atoms with Gasteiger partial charge in [-0.2, -0.15) is 5.10 Å². The smallest absolute Gasteiger partial charge is 0.125 e. The molecule has 0 spiro atoms. The van der Waals surface area contributed by atoms with E-state index in [-0.39, 0.29) is 0 Å². The molecule has 1 aromatic carbocycles. The van der Waals surface area contributed by atoms with Crippen molar-refractivity contribution in [3.05, 3.63) is 35.9 Å². The Kier molecular flexibility index (Phi) is 4.78. The fourth-order valence-corrected chi connectivity index (χ4v) is 2.69. The SMILES string of the molecule is OC[C@H](O)[C@H](O)[C@H](O)[C@H]1NN=C(c2ccccc2)S1. The quantitative estimate of drug-likeness (QED) is 0.479. The van der Waals surface area contributed by atoms with Crippen LogP contribution in [0.15, 0.2) is 35.4 Å². The molecule has 19 heavy (non-hydrogen) atoms. The van der Waals surface area contributed by atoms with Crippen molar-refractivity contribution in [2.45, 2.75) is 23.7 Å². The maximum absolute atomic E-state index is 9.91. The van der Waals surface area contributed by atoms with Crippen LogP contribution >= 0.6 is 11.8 Å². The third-order valence-electron chi connectivity index (χ3n) is 2.79. The maximum Gasteiger partial charge on any atom is 0.125 e. The number of benzene rings is 1. The molecule has 2 rings (SSSR count). The van der Waals surface area contributed by atoms with Crippen LogP contribution in [0.2, 0.25) is 0 Å². The van der Waals surface area contributed by atoms with Gasteiger partial charge in [-0.1, -0.05) is 42.1 Å². The molecule has 5 N–H and O–H groups in total. The van der Waals surface area contributed by atoms with Gasteiger partial charge in [-0.15, -0.1) is 0 Å². The molecule has 0 amide bonds. The second-order valence-corrected chi connectivity index (χ2v) is 5.31. The number of aliphatic hydroxyl groups excluding tert-OH is 4. The third-order valence-corrected chi connectivity index (χ3v) is 3.98. The standard InChI is InChI=1S/C12H16N2O4S/c15-6-8(16)9(17)10(18)12-14-13-11(19-12)7-4-2-1-3-5-7/h1-5,8-10,12,14-18H,6H2/t8-,9-,10-,12-/m0/s1. The monoisotopic (exact) mass is 284 g/mol. The first kappa shape index (κ1) is 14.3. The van der Waals surface area contributed by atoms with Gasteiger partial charge in [0.2, 0.25) is 0 Å². The van der Waals surface area contributed by atoms with Crippen LogP contribution in [0, 0.1) is 0 Å². The van der Waals surface area contributed by atoms with Crippen molar-refractivity contribution >= 4 is 16.8 Å². The van der Waals surface area contributed by atoms with Crippen molar-refractivity contribution in [3.63, 3.8) is 0 Å². The van der Waals surface area contributed by atoms with Crippen LogP contribution < -0.4 is 5.43 Å². The third kappa shape index (κ3) is 3.26. The summed E-state index contributed by atoms with van der Waals surface area (Å²) in [5.41, 5.74) is 3.62. The number of thioether (sulfide) groups is 1. The van der Waals surface area contributed by atoms with Gasteiger partial charge >= 0.3 is 0 Å². The molecule has 7 heteroatoms. The lowest BCUT2D eigenvalue weighted by Crippen LogP contribution is -2.47. The number of nitrogens with one attached hydrogen (secondary N) is 1. The molecule has 0 aliphatic carbocycles. The molecule has 0 radical (unpaired) electrons. The van der Waals surface area contributed by atoms with Crippen LogP contribution in [0.1, 0.15) is 5.56 Å². The molecule has 0 fully saturated rings. The van der Waals surface area contributed by atoms with E-state index in [4.69, 9.17) is 5.11 Å². The summed E-state index contributed by atoms with van der Waals surface area (Å²) in [4.78, 5) is 0. The molecular formula is C12H16N2O4S. The minimum atomic E-state index is -1.43. The summed E-state index contributed by atoms with van der Waals surface area (Å²) in [5, 5.41) is 41.8. The average Bonchev–Trinajstić information content (AvgIpc) is 2.95. The molecular weight excluding hydrogens is 268 g/mol. The van der Waals surface area contributed by atoms with Gasteiger partial charge in [-0.25, -0.2) is 0 Å². The Morgan fingerprint density at radius 3 is 2.53 bits per heavy atom. The lowest BCUT2D eigenvalue weighted by Gasteiger charge is -2.25. The maximum atomic E-state index is 9.91. The highest BCUT2D eigenvalue weighted by atomic mass is 32.2. The Bertz CT molecular complexity index is 443. The summed E-state index contributed by atoms with van der Waals surface area (Å²) < 4.78 is 0. The number of rotatable bonds is 5.